The molecular weight excluding hydrogens is 188 g/mol. The molecule has 2 atom stereocenters. The molecule has 92 valence electrons. The van der Waals surface area contributed by atoms with Gasteiger partial charge in [0.25, 0.3) is 0 Å². The quantitative estimate of drug-likeness (QED) is 0.642. The third-order valence-corrected chi connectivity index (χ3v) is 3.20. The van der Waals surface area contributed by atoms with E-state index < -0.39 is 0 Å². The summed E-state index contributed by atoms with van der Waals surface area (Å²) in [5, 5.41) is 12.4. The summed E-state index contributed by atoms with van der Waals surface area (Å²) in [4.78, 5) is 2.37. The lowest BCUT2D eigenvalue weighted by molar-refractivity contribution is 0.178. The van der Waals surface area contributed by atoms with Crippen LogP contribution in [0.15, 0.2) is 0 Å². The first kappa shape index (κ1) is 14.9. The monoisotopic (exact) mass is 216 g/mol. The summed E-state index contributed by atoms with van der Waals surface area (Å²) in [5.41, 5.74) is 0. The molecule has 0 aliphatic carbocycles. The molecule has 0 fully saturated rings. The van der Waals surface area contributed by atoms with E-state index in [0.29, 0.717) is 12.0 Å². The second kappa shape index (κ2) is 8.08. The lowest BCUT2D eigenvalue weighted by Gasteiger charge is -2.29. The largest absolute Gasteiger partial charge is 0.395 e. The minimum atomic E-state index is 0.234. The van der Waals surface area contributed by atoms with E-state index in [9.17, 15) is 0 Å². The molecule has 3 nitrogen and oxygen atoms in total. The Bertz CT molecular complexity index is 151. The highest BCUT2D eigenvalue weighted by Gasteiger charge is 2.14. The average molecular weight is 216 g/mol. The van der Waals surface area contributed by atoms with Gasteiger partial charge >= 0.3 is 0 Å². The number of nitrogens with zero attached hydrogens (tertiary/aromatic N) is 1. The van der Waals surface area contributed by atoms with Crippen LogP contribution in [-0.4, -0.2) is 48.8 Å². The summed E-state index contributed by atoms with van der Waals surface area (Å²) in [5.74, 6) is 0.682. The van der Waals surface area contributed by atoms with Crippen LogP contribution in [0.2, 0.25) is 0 Å². The molecule has 2 N–H and O–H groups in total. The van der Waals surface area contributed by atoms with Crippen molar-refractivity contribution in [2.45, 2.75) is 46.2 Å². The summed E-state index contributed by atoms with van der Waals surface area (Å²) in [6.45, 7) is 11.0. The summed E-state index contributed by atoms with van der Waals surface area (Å²) in [6.07, 6.45) is 1.01. The van der Waals surface area contributed by atoms with Gasteiger partial charge in [-0.1, -0.05) is 20.8 Å². The topological polar surface area (TPSA) is 35.5 Å². The Balaban J connectivity index is 3.81. The summed E-state index contributed by atoms with van der Waals surface area (Å²) in [6, 6.07) is 0.850. The van der Waals surface area contributed by atoms with Gasteiger partial charge in [-0.2, -0.15) is 0 Å². The predicted molar refractivity (Wildman–Crippen MR) is 66.1 cm³/mol. The van der Waals surface area contributed by atoms with Gasteiger partial charge in [0.15, 0.2) is 0 Å². The van der Waals surface area contributed by atoms with E-state index in [1.165, 1.54) is 0 Å². The number of nitrogens with one attached hydrogen (secondary N) is 1. The molecule has 0 aliphatic heterocycles. The number of rotatable bonds is 8. The minimum absolute atomic E-state index is 0.234. The highest BCUT2D eigenvalue weighted by Crippen LogP contribution is 2.08. The Labute approximate surface area is 94.9 Å². The molecule has 0 aromatic heterocycles. The fourth-order valence-corrected chi connectivity index (χ4v) is 1.62. The lowest BCUT2D eigenvalue weighted by Crippen LogP contribution is -2.39. The summed E-state index contributed by atoms with van der Waals surface area (Å²) < 4.78 is 0. The van der Waals surface area contributed by atoms with Gasteiger partial charge in [-0.3, -0.25) is 0 Å². The van der Waals surface area contributed by atoms with E-state index in [2.05, 4.69) is 45.0 Å². The Morgan fingerprint density at radius 2 is 1.87 bits per heavy atom. The molecule has 0 rings (SSSR count). The van der Waals surface area contributed by atoms with Crippen molar-refractivity contribution in [1.82, 2.24) is 10.2 Å². The number of hydrogen-bond acceptors (Lipinski definition) is 3. The van der Waals surface area contributed by atoms with Gasteiger partial charge < -0.3 is 15.3 Å². The van der Waals surface area contributed by atoms with E-state index in [-0.39, 0.29) is 12.6 Å². The molecule has 0 aliphatic rings. The van der Waals surface area contributed by atoms with Crippen LogP contribution in [0, 0.1) is 5.92 Å². The van der Waals surface area contributed by atoms with Crippen molar-refractivity contribution in [2.24, 2.45) is 5.92 Å². The fourth-order valence-electron chi connectivity index (χ4n) is 1.62. The number of likely N-dealkylation sites (N-methyl/N-ethyl adjacent to an activating group) is 1. The van der Waals surface area contributed by atoms with Crippen molar-refractivity contribution >= 4 is 0 Å². The normalized spacial score (nSPS) is 16.0. The van der Waals surface area contributed by atoms with Crippen LogP contribution in [0.5, 0.6) is 0 Å². The molecule has 0 radical (unpaired) electrons. The Morgan fingerprint density at radius 3 is 2.27 bits per heavy atom. The zero-order valence-electron chi connectivity index (χ0n) is 11.0. The smallest absolute Gasteiger partial charge is 0.0585 e. The molecule has 3 heteroatoms. The van der Waals surface area contributed by atoms with Crippen LogP contribution in [-0.2, 0) is 0 Å². The van der Waals surface area contributed by atoms with E-state index in [1.54, 1.807) is 0 Å². The maximum Gasteiger partial charge on any atom is 0.0585 e. The Kier molecular flexibility index (Phi) is 8.02. The van der Waals surface area contributed by atoms with Gasteiger partial charge in [-0.25, -0.2) is 0 Å². The maximum atomic E-state index is 9.14. The molecular formula is C12H28N2O. The van der Waals surface area contributed by atoms with Crippen molar-refractivity contribution in [2.75, 3.05) is 26.7 Å². The van der Waals surface area contributed by atoms with E-state index >= 15 is 0 Å². The van der Waals surface area contributed by atoms with Crippen LogP contribution >= 0.6 is 0 Å². The minimum Gasteiger partial charge on any atom is -0.395 e. The van der Waals surface area contributed by atoms with Gasteiger partial charge in [-0.15, -0.1) is 0 Å². The standard InChI is InChI=1S/C12H28N2O/c1-6-13-12(9-15)7-8-14(5)11(4)10(2)3/h10-13,15H,6-9H2,1-5H3. The SMILES string of the molecule is CCNC(CO)CCN(C)C(C)C(C)C. The molecule has 0 saturated heterocycles. The van der Waals surface area contributed by atoms with Gasteiger partial charge in [0.05, 0.1) is 6.61 Å². The first-order chi connectivity index (χ1) is 7.02. The molecule has 0 aromatic carbocycles. The molecule has 2 unspecified atom stereocenters. The number of aliphatic hydroxyl groups is 1. The predicted octanol–water partition coefficient (Wildman–Crippen LogP) is 1.32. The second-order valence-electron chi connectivity index (χ2n) is 4.69. The first-order valence-electron chi connectivity index (χ1n) is 6.07. The van der Waals surface area contributed by atoms with Gasteiger partial charge in [0, 0.05) is 12.1 Å². The average Bonchev–Trinajstić information content (AvgIpc) is 2.22. The Hall–Kier alpha value is -0.120. The third-order valence-electron chi connectivity index (χ3n) is 3.20. The van der Waals surface area contributed by atoms with Crippen LogP contribution < -0.4 is 5.32 Å². The zero-order valence-corrected chi connectivity index (χ0v) is 11.0. The molecule has 0 amide bonds. The summed E-state index contributed by atoms with van der Waals surface area (Å²) in [7, 11) is 2.16. The fraction of sp³-hybridized carbons (Fsp3) is 1.00. The van der Waals surface area contributed by atoms with Crippen LogP contribution in [0.3, 0.4) is 0 Å². The van der Waals surface area contributed by atoms with Gasteiger partial charge in [-0.05, 0) is 39.4 Å². The second-order valence-corrected chi connectivity index (χ2v) is 4.69. The van der Waals surface area contributed by atoms with Crippen LogP contribution in [0.1, 0.15) is 34.1 Å². The highest BCUT2D eigenvalue weighted by atomic mass is 16.3. The number of hydrogen-bond donors (Lipinski definition) is 2. The van der Waals surface area contributed by atoms with Crippen molar-refractivity contribution < 1.29 is 5.11 Å². The van der Waals surface area contributed by atoms with Crippen LogP contribution in [0.4, 0.5) is 0 Å². The number of aliphatic hydroxyl groups excluding tert-OH is 1. The van der Waals surface area contributed by atoms with E-state index in [0.717, 1.165) is 19.5 Å². The van der Waals surface area contributed by atoms with Crippen molar-refractivity contribution in [3.63, 3.8) is 0 Å². The first-order valence-corrected chi connectivity index (χ1v) is 6.07. The Morgan fingerprint density at radius 1 is 1.27 bits per heavy atom. The third kappa shape index (κ3) is 6.13. The molecule has 15 heavy (non-hydrogen) atoms. The van der Waals surface area contributed by atoms with E-state index in [1.807, 2.05) is 0 Å². The van der Waals surface area contributed by atoms with Crippen molar-refractivity contribution in [1.29, 1.82) is 0 Å². The van der Waals surface area contributed by atoms with Gasteiger partial charge in [0.2, 0.25) is 0 Å². The maximum absolute atomic E-state index is 9.14. The molecule has 0 spiro atoms. The highest BCUT2D eigenvalue weighted by molar-refractivity contribution is 4.71. The van der Waals surface area contributed by atoms with Gasteiger partial charge in [0.1, 0.15) is 0 Å². The van der Waals surface area contributed by atoms with E-state index in [4.69, 9.17) is 5.11 Å². The summed E-state index contributed by atoms with van der Waals surface area (Å²) >= 11 is 0. The van der Waals surface area contributed by atoms with Crippen molar-refractivity contribution in [3.8, 4) is 0 Å². The van der Waals surface area contributed by atoms with Crippen LogP contribution in [0.25, 0.3) is 0 Å². The molecule has 0 saturated carbocycles. The zero-order chi connectivity index (χ0) is 11.8. The molecule has 0 heterocycles. The lowest BCUT2D eigenvalue weighted by atomic mass is 10.0. The van der Waals surface area contributed by atoms with Crippen molar-refractivity contribution in [3.05, 3.63) is 0 Å². The molecule has 0 bridgehead atoms. The molecule has 0 aromatic rings.